The van der Waals surface area contributed by atoms with Gasteiger partial charge >= 0.3 is 0 Å². The van der Waals surface area contributed by atoms with E-state index in [1.807, 2.05) is 17.7 Å². The lowest BCUT2D eigenvalue weighted by molar-refractivity contribution is 0.0954. The third kappa shape index (κ3) is 2.76. The highest BCUT2D eigenvalue weighted by Gasteiger charge is 2.29. The molecule has 1 amide bonds. The summed E-state index contributed by atoms with van der Waals surface area (Å²) < 4.78 is 2.01. The molecule has 1 saturated heterocycles. The second-order valence-electron chi connectivity index (χ2n) is 6.76. The summed E-state index contributed by atoms with van der Waals surface area (Å²) in [6.07, 6.45) is 5.05. The Morgan fingerprint density at radius 2 is 2.15 bits per heavy atom. The maximum absolute atomic E-state index is 12.1. The quantitative estimate of drug-likeness (QED) is 0.768. The molecule has 1 aliphatic heterocycles. The number of amides is 1. The molecular weight excluding hydrogens is 346 g/mol. The lowest BCUT2D eigenvalue weighted by atomic mass is 9.99. The Kier molecular flexibility index (Phi) is 4.40. The van der Waals surface area contributed by atoms with Gasteiger partial charge in [0.1, 0.15) is 22.7 Å². The van der Waals surface area contributed by atoms with E-state index in [-0.39, 0.29) is 11.9 Å². The van der Waals surface area contributed by atoms with Crippen LogP contribution < -0.4 is 10.2 Å². The fourth-order valence-corrected chi connectivity index (χ4v) is 4.74. The number of carbonyl (C=O) groups excluding carboxylic acids is 1. The minimum Gasteiger partial charge on any atom is -0.354 e. The van der Waals surface area contributed by atoms with Crippen molar-refractivity contribution in [1.82, 2.24) is 19.9 Å². The highest BCUT2D eigenvalue weighted by Crippen LogP contribution is 2.38. The van der Waals surface area contributed by atoms with Gasteiger partial charge < -0.3 is 14.8 Å². The van der Waals surface area contributed by atoms with Crippen molar-refractivity contribution in [2.24, 2.45) is 7.05 Å². The molecule has 6 nitrogen and oxygen atoms in total. The van der Waals surface area contributed by atoms with Crippen LogP contribution in [0.4, 0.5) is 5.82 Å². The largest absolute Gasteiger partial charge is 0.354 e. The van der Waals surface area contributed by atoms with Gasteiger partial charge in [-0.05, 0) is 44.4 Å². The second-order valence-corrected chi connectivity index (χ2v) is 7.99. The SMILES string of the molecule is CNC(=O)c1ccc([C@@H]2CCCCN2c2ncnc3sc(C)cc23)n1C. The van der Waals surface area contributed by atoms with Gasteiger partial charge in [0.25, 0.3) is 5.91 Å². The molecule has 7 heteroatoms. The first-order valence-corrected chi connectivity index (χ1v) is 9.77. The summed E-state index contributed by atoms with van der Waals surface area (Å²) in [4.78, 5) is 25.8. The molecule has 4 rings (SSSR count). The Morgan fingerprint density at radius 1 is 1.31 bits per heavy atom. The van der Waals surface area contributed by atoms with Crippen molar-refractivity contribution in [1.29, 1.82) is 0 Å². The van der Waals surface area contributed by atoms with Crippen LogP contribution in [0.15, 0.2) is 24.5 Å². The smallest absolute Gasteiger partial charge is 0.267 e. The molecule has 1 fully saturated rings. The third-order valence-electron chi connectivity index (χ3n) is 5.17. The number of hydrogen-bond donors (Lipinski definition) is 1. The molecule has 0 aromatic carbocycles. The second kappa shape index (κ2) is 6.72. The van der Waals surface area contributed by atoms with E-state index in [9.17, 15) is 4.79 Å². The van der Waals surface area contributed by atoms with E-state index >= 15 is 0 Å². The molecule has 1 N–H and O–H groups in total. The van der Waals surface area contributed by atoms with Crippen LogP contribution in [-0.2, 0) is 7.05 Å². The summed E-state index contributed by atoms with van der Waals surface area (Å²) in [5, 5.41) is 3.84. The molecule has 4 heterocycles. The first kappa shape index (κ1) is 17.0. The Labute approximate surface area is 156 Å². The maximum Gasteiger partial charge on any atom is 0.267 e. The summed E-state index contributed by atoms with van der Waals surface area (Å²) in [7, 11) is 3.63. The Morgan fingerprint density at radius 3 is 2.96 bits per heavy atom. The van der Waals surface area contributed by atoms with Crippen molar-refractivity contribution in [2.75, 3.05) is 18.5 Å². The van der Waals surface area contributed by atoms with Crippen molar-refractivity contribution < 1.29 is 4.79 Å². The predicted octanol–water partition coefficient (Wildman–Crippen LogP) is 3.43. The highest BCUT2D eigenvalue weighted by atomic mass is 32.1. The van der Waals surface area contributed by atoms with Crippen molar-refractivity contribution >= 4 is 33.3 Å². The summed E-state index contributed by atoms with van der Waals surface area (Å²) in [5.41, 5.74) is 1.84. The number of aromatic nitrogens is 3. The standard InChI is InChI=1S/C19H23N5OS/c1-12-10-13-17(21-11-22-19(13)26-12)24-9-5-4-6-15(24)14-7-8-16(23(14)3)18(25)20-2/h7-8,10-11,15H,4-6,9H2,1-3H3,(H,20,25)/t15-/m0/s1. The molecule has 0 spiro atoms. The fourth-order valence-electron chi connectivity index (χ4n) is 3.90. The van der Waals surface area contributed by atoms with E-state index < -0.39 is 0 Å². The zero-order valence-electron chi connectivity index (χ0n) is 15.3. The molecule has 3 aromatic rings. The van der Waals surface area contributed by atoms with Gasteiger partial charge in [0.05, 0.1) is 11.4 Å². The van der Waals surface area contributed by atoms with E-state index in [0.29, 0.717) is 5.69 Å². The molecule has 1 aliphatic rings. The van der Waals surface area contributed by atoms with Gasteiger partial charge in [-0.3, -0.25) is 4.79 Å². The number of fused-ring (bicyclic) bond motifs is 1. The van der Waals surface area contributed by atoms with Crippen molar-refractivity contribution in [3.63, 3.8) is 0 Å². The van der Waals surface area contributed by atoms with Crippen LogP contribution in [0.5, 0.6) is 0 Å². The molecule has 0 bridgehead atoms. The third-order valence-corrected chi connectivity index (χ3v) is 6.13. The van der Waals surface area contributed by atoms with Crippen LogP contribution in [0.25, 0.3) is 10.2 Å². The fraction of sp³-hybridized carbons (Fsp3) is 0.421. The molecule has 0 aliphatic carbocycles. The van der Waals surface area contributed by atoms with Crippen LogP contribution in [0, 0.1) is 6.92 Å². The van der Waals surface area contributed by atoms with Gasteiger partial charge in [0.2, 0.25) is 0 Å². The Balaban J connectivity index is 1.78. The average Bonchev–Trinajstić information content (AvgIpc) is 3.22. The first-order chi connectivity index (χ1) is 12.6. The van der Waals surface area contributed by atoms with E-state index in [2.05, 4.69) is 39.2 Å². The number of thiophene rings is 1. The van der Waals surface area contributed by atoms with Gasteiger partial charge in [-0.1, -0.05) is 0 Å². The maximum atomic E-state index is 12.1. The highest BCUT2D eigenvalue weighted by molar-refractivity contribution is 7.18. The molecule has 0 radical (unpaired) electrons. The average molecular weight is 369 g/mol. The summed E-state index contributed by atoms with van der Waals surface area (Å²) in [6.45, 7) is 3.07. The molecule has 3 aromatic heterocycles. The van der Waals surface area contributed by atoms with Gasteiger partial charge in [-0.25, -0.2) is 9.97 Å². The predicted molar refractivity (Wildman–Crippen MR) is 105 cm³/mol. The summed E-state index contributed by atoms with van der Waals surface area (Å²) >= 11 is 1.71. The van der Waals surface area contributed by atoms with Crippen LogP contribution in [0.2, 0.25) is 0 Å². The lowest BCUT2D eigenvalue weighted by Crippen LogP contribution is -2.35. The zero-order valence-corrected chi connectivity index (χ0v) is 16.1. The van der Waals surface area contributed by atoms with Crippen LogP contribution >= 0.6 is 11.3 Å². The number of aryl methyl sites for hydroxylation is 1. The normalized spacial score (nSPS) is 17.7. The molecule has 26 heavy (non-hydrogen) atoms. The van der Waals surface area contributed by atoms with Crippen LogP contribution in [0.3, 0.4) is 0 Å². The number of hydrogen-bond acceptors (Lipinski definition) is 5. The lowest BCUT2D eigenvalue weighted by Gasteiger charge is -2.37. The van der Waals surface area contributed by atoms with Crippen LogP contribution in [-0.4, -0.2) is 34.0 Å². The molecule has 0 saturated carbocycles. The monoisotopic (exact) mass is 369 g/mol. The van der Waals surface area contributed by atoms with E-state index in [0.717, 1.165) is 41.1 Å². The molecular formula is C19H23N5OS. The van der Waals surface area contributed by atoms with Crippen molar-refractivity contribution in [2.45, 2.75) is 32.2 Å². The summed E-state index contributed by atoms with van der Waals surface area (Å²) in [6, 6.07) is 6.38. The number of nitrogens with zero attached hydrogens (tertiary/aromatic N) is 4. The van der Waals surface area contributed by atoms with E-state index in [4.69, 9.17) is 0 Å². The molecule has 136 valence electrons. The molecule has 1 atom stereocenters. The van der Waals surface area contributed by atoms with Crippen LogP contribution in [0.1, 0.15) is 46.4 Å². The first-order valence-electron chi connectivity index (χ1n) is 8.95. The van der Waals surface area contributed by atoms with Gasteiger partial charge in [-0.2, -0.15) is 0 Å². The number of rotatable bonds is 3. The topological polar surface area (TPSA) is 63.1 Å². The van der Waals surface area contributed by atoms with Gasteiger partial charge in [0, 0.05) is 31.2 Å². The number of piperidine rings is 1. The number of nitrogens with one attached hydrogen (secondary N) is 1. The molecule has 0 unspecified atom stereocenters. The Hall–Kier alpha value is -2.41. The number of carbonyl (C=O) groups is 1. The van der Waals surface area contributed by atoms with E-state index in [1.54, 1.807) is 24.7 Å². The van der Waals surface area contributed by atoms with Gasteiger partial charge in [0.15, 0.2) is 0 Å². The summed E-state index contributed by atoms with van der Waals surface area (Å²) in [5.74, 6) is 0.950. The van der Waals surface area contributed by atoms with Gasteiger partial charge in [-0.15, -0.1) is 11.3 Å². The van der Waals surface area contributed by atoms with E-state index in [1.165, 1.54) is 11.3 Å². The minimum atomic E-state index is -0.0565. The van der Waals surface area contributed by atoms with Crippen molar-refractivity contribution in [3.05, 3.63) is 40.8 Å². The minimum absolute atomic E-state index is 0.0565. The Bertz CT molecular complexity index is 960. The zero-order chi connectivity index (χ0) is 18.3. The van der Waals surface area contributed by atoms with Crippen molar-refractivity contribution in [3.8, 4) is 0 Å². The number of anilines is 1.